The average molecular weight is 621 g/mol. The molecule has 0 amide bonds. The standard InChI is InChI=1S/C32H31ClF2N6O3/c33-21-4-1-3-16-9-19(42)10-20(24(16)21)27-26(35)28-25-29(41-13-18-5-6-22(36-18)23(41)14-43-30(25)37-27)39-31(38-28)44-15-32-7-2-8-40(32)12-17(34)11-32/h1,3-4,9-10,17-18,22-23,36,42H,2,5-8,11-15H2/t17-,18-,22+,23-,32+/m1/s1. The van der Waals surface area contributed by atoms with Crippen molar-refractivity contribution in [1.82, 2.24) is 25.2 Å². The van der Waals surface area contributed by atoms with Gasteiger partial charge in [0.1, 0.15) is 47.5 Å². The molecule has 44 heavy (non-hydrogen) atoms. The Morgan fingerprint density at radius 2 is 2.07 bits per heavy atom. The summed E-state index contributed by atoms with van der Waals surface area (Å²) in [5, 5.41) is 16.3. The minimum atomic E-state index is -0.895. The van der Waals surface area contributed by atoms with E-state index in [-0.39, 0.29) is 53.6 Å². The molecule has 7 heterocycles. The molecule has 2 N–H and O–H groups in total. The predicted molar refractivity (Wildman–Crippen MR) is 162 cm³/mol. The molecule has 228 valence electrons. The van der Waals surface area contributed by atoms with E-state index in [9.17, 15) is 9.50 Å². The summed E-state index contributed by atoms with van der Waals surface area (Å²) in [6, 6.07) is 8.83. The number of aromatic hydroxyl groups is 1. The Bertz CT molecular complexity index is 1850. The van der Waals surface area contributed by atoms with Gasteiger partial charge >= 0.3 is 6.01 Å². The molecular formula is C32H31ClF2N6O3. The fraction of sp³-hybridized carbons (Fsp3) is 0.469. The van der Waals surface area contributed by atoms with Gasteiger partial charge in [-0.2, -0.15) is 9.97 Å². The summed E-state index contributed by atoms with van der Waals surface area (Å²) in [6.07, 6.45) is 3.38. The van der Waals surface area contributed by atoms with Crippen LogP contribution in [-0.4, -0.2) is 87.6 Å². The SMILES string of the molecule is Oc1cc(-c2nc3c4c(nc(OC[C@@]56CCCN5C[C@H](F)C6)nc4c2F)N2C[C@H]4CC[C@H](N4)[C@H]2CO3)c2c(Cl)cccc2c1. The first kappa shape index (κ1) is 26.8. The van der Waals surface area contributed by atoms with Crippen LogP contribution in [0.15, 0.2) is 30.3 Å². The number of phenolic OH excluding ortho intramolecular Hbond substituents is 1. The zero-order valence-electron chi connectivity index (χ0n) is 23.9. The molecule has 9 nitrogen and oxygen atoms in total. The summed E-state index contributed by atoms with van der Waals surface area (Å²) in [5.74, 6) is 0.0313. The largest absolute Gasteiger partial charge is 0.508 e. The summed E-state index contributed by atoms with van der Waals surface area (Å²) in [6.45, 7) is 2.49. The number of hydrogen-bond acceptors (Lipinski definition) is 9. The van der Waals surface area contributed by atoms with Gasteiger partial charge in [0.05, 0.1) is 11.6 Å². The van der Waals surface area contributed by atoms with Gasteiger partial charge in [-0.3, -0.25) is 4.90 Å². The van der Waals surface area contributed by atoms with Crippen molar-refractivity contribution in [3.63, 3.8) is 0 Å². The molecule has 0 spiro atoms. The molecule has 5 atom stereocenters. The topological polar surface area (TPSA) is 95.9 Å². The van der Waals surface area contributed by atoms with E-state index >= 15 is 4.39 Å². The number of nitrogens with one attached hydrogen (secondary N) is 1. The van der Waals surface area contributed by atoms with E-state index in [1.807, 2.05) is 0 Å². The molecule has 4 aromatic rings. The normalized spacial score (nSPS) is 29.1. The second-order valence-corrected chi connectivity index (χ2v) is 13.3. The van der Waals surface area contributed by atoms with Gasteiger partial charge in [0.15, 0.2) is 5.82 Å². The van der Waals surface area contributed by atoms with Crippen molar-refractivity contribution < 1.29 is 23.4 Å². The third-order valence-corrected chi connectivity index (χ3v) is 10.6. The number of alkyl halides is 1. The number of rotatable bonds is 4. The van der Waals surface area contributed by atoms with Crippen molar-refractivity contribution in [3.05, 3.63) is 41.2 Å². The zero-order chi connectivity index (χ0) is 29.7. The van der Waals surface area contributed by atoms with Crippen molar-refractivity contribution >= 4 is 39.1 Å². The van der Waals surface area contributed by atoms with Crippen molar-refractivity contribution in [3.8, 4) is 28.9 Å². The molecule has 5 aliphatic rings. The van der Waals surface area contributed by atoms with Crippen LogP contribution in [0.2, 0.25) is 5.02 Å². The quantitative estimate of drug-likeness (QED) is 0.327. The Labute approximate surface area is 257 Å². The highest BCUT2D eigenvalue weighted by Crippen LogP contribution is 2.46. The fourth-order valence-corrected chi connectivity index (χ4v) is 8.64. The van der Waals surface area contributed by atoms with E-state index in [1.54, 1.807) is 24.3 Å². The summed E-state index contributed by atoms with van der Waals surface area (Å²) in [5.41, 5.74) is -0.0878. The number of piperazine rings is 1. The van der Waals surface area contributed by atoms with E-state index in [1.165, 1.54) is 6.07 Å². The molecule has 0 unspecified atom stereocenters. The Morgan fingerprint density at radius 1 is 1.16 bits per heavy atom. The number of phenols is 1. The first-order chi connectivity index (χ1) is 21.4. The van der Waals surface area contributed by atoms with Gasteiger partial charge in [0, 0.05) is 47.6 Å². The van der Waals surface area contributed by atoms with Crippen LogP contribution < -0.4 is 19.7 Å². The maximum Gasteiger partial charge on any atom is 0.319 e. The fourth-order valence-electron chi connectivity index (χ4n) is 8.36. The van der Waals surface area contributed by atoms with Crippen molar-refractivity contribution in [2.75, 3.05) is 37.7 Å². The van der Waals surface area contributed by atoms with Crippen LogP contribution in [0.25, 0.3) is 32.9 Å². The zero-order valence-corrected chi connectivity index (χ0v) is 24.7. The molecule has 2 bridgehead atoms. The third kappa shape index (κ3) is 3.98. The van der Waals surface area contributed by atoms with Gasteiger partial charge in [-0.1, -0.05) is 23.7 Å². The number of benzene rings is 2. The highest BCUT2D eigenvalue weighted by molar-refractivity contribution is 6.36. The number of pyridine rings is 1. The summed E-state index contributed by atoms with van der Waals surface area (Å²) < 4.78 is 44.0. The number of nitrogens with zero attached hydrogens (tertiary/aromatic N) is 5. The van der Waals surface area contributed by atoms with Crippen LogP contribution in [0, 0.1) is 5.82 Å². The third-order valence-electron chi connectivity index (χ3n) is 10.3. The Hall–Kier alpha value is -3.54. The molecule has 5 aliphatic heterocycles. The number of hydrogen-bond donors (Lipinski definition) is 2. The van der Waals surface area contributed by atoms with Crippen LogP contribution in [0.5, 0.6) is 17.6 Å². The second kappa shape index (κ2) is 9.73. The lowest BCUT2D eigenvalue weighted by Gasteiger charge is -2.40. The van der Waals surface area contributed by atoms with Gasteiger partial charge in [-0.05, 0) is 55.8 Å². The van der Waals surface area contributed by atoms with Gasteiger partial charge in [0.2, 0.25) is 5.88 Å². The molecule has 4 fully saturated rings. The van der Waals surface area contributed by atoms with Gasteiger partial charge in [-0.25, -0.2) is 13.8 Å². The van der Waals surface area contributed by atoms with E-state index in [0.29, 0.717) is 58.7 Å². The summed E-state index contributed by atoms with van der Waals surface area (Å²) in [4.78, 5) is 18.6. The molecule has 0 radical (unpaired) electrons. The Morgan fingerprint density at radius 3 is 2.98 bits per heavy atom. The molecule has 0 aliphatic carbocycles. The number of halogens is 3. The summed E-state index contributed by atoms with van der Waals surface area (Å²) in [7, 11) is 0. The van der Waals surface area contributed by atoms with Gasteiger partial charge in [0.25, 0.3) is 0 Å². The highest BCUT2D eigenvalue weighted by Gasteiger charge is 2.50. The van der Waals surface area contributed by atoms with Gasteiger partial charge < -0.3 is 24.8 Å². The first-order valence-electron chi connectivity index (χ1n) is 15.4. The predicted octanol–water partition coefficient (Wildman–Crippen LogP) is 5.00. The van der Waals surface area contributed by atoms with Crippen molar-refractivity contribution in [1.29, 1.82) is 0 Å². The number of anilines is 1. The van der Waals surface area contributed by atoms with Gasteiger partial charge in [-0.15, -0.1) is 0 Å². The Kier molecular flexibility index (Phi) is 5.93. The molecule has 9 rings (SSSR count). The highest BCUT2D eigenvalue weighted by atomic mass is 35.5. The average Bonchev–Trinajstić information content (AvgIpc) is 3.64. The lowest BCUT2D eigenvalue weighted by atomic mass is 9.95. The molecule has 4 saturated heterocycles. The van der Waals surface area contributed by atoms with Crippen LogP contribution in [-0.2, 0) is 0 Å². The number of aromatic nitrogens is 3. The van der Waals surface area contributed by atoms with Crippen molar-refractivity contribution in [2.24, 2.45) is 0 Å². The maximum absolute atomic E-state index is 16.9. The maximum atomic E-state index is 16.9. The molecule has 2 aromatic carbocycles. The lowest BCUT2D eigenvalue weighted by Crippen LogP contribution is -2.60. The smallest absolute Gasteiger partial charge is 0.319 e. The molecule has 2 aromatic heterocycles. The Balaban J connectivity index is 1.23. The second-order valence-electron chi connectivity index (χ2n) is 12.9. The molecular weight excluding hydrogens is 590 g/mol. The minimum absolute atomic E-state index is 0.0237. The van der Waals surface area contributed by atoms with E-state index < -0.39 is 17.5 Å². The van der Waals surface area contributed by atoms with Crippen molar-refractivity contribution in [2.45, 2.75) is 61.9 Å². The van der Waals surface area contributed by atoms with Crippen LogP contribution in [0.4, 0.5) is 14.6 Å². The first-order valence-corrected chi connectivity index (χ1v) is 15.7. The minimum Gasteiger partial charge on any atom is -0.508 e. The van der Waals surface area contributed by atoms with E-state index in [0.717, 1.165) is 32.2 Å². The molecule has 12 heteroatoms. The number of fused-ring (bicyclic) bond motifs is 7. The number of ether oxygens (including phenoxy) is 2. The van der Waals surface area contributed by atoms with E-state index in [2.05, 4.69) is 20.1 Å². The van der Waals surface area contributed by atoms with Crippen LogP contribution in [0.1, 0.15) is 32.1 Å². The van der Waals surface area contributed by atoms with Crippen LogP contribution in [0.3, 0.4) is 0 Å². The van der Waals surface area contributed by atoms with E-state index in [4.69, 9.17) is 31.0 Å². The summed E-state index contributed by atoms with van der Waals surface area (Å²) >= 11 is 6.62. The monoisotopic (exact) mass is 620 g/mol. The van der Waals surface area contributed by atoms with Crippen LogP contribution >= 0.6 is 11.6 Å². The molecule has 0 saturated carbocycles. The lowest BCUT2D eigenvalue weighted by molar-refractivity contribution is 0.107.